The van der Waals surface area contributed by atoms with Crippen LogP contribution in [0, 0.1) is 5.82 Å². The van der Waals surface area contributed by atoms with E-state index in [0.717, 1.165) is 45.6 Å². The summed E-state index contributed by atoms with van der Waals surface area (Å²) in [6.07, 6.45) is 5.99. The first-order valence-electron chi connectivity index (χ1n) is 11.3. The molecule has 1 aliphatic carbocycles. The Morgan fingerprint density at radius 1 is 1.10 bits per heavy atom. The highest BCUT2D eigenvalue weighted by atomic mass is 19.1. The van der Waals surface area contributed by atoms with Crippen molar-refractivity contribution in [2.24, 2.45) is 0 Å². The maximum atomic E-state index is 13.1. The van der Waals surface area contributed by atoms with Crippen LogP contribution in [0.25, 0.3) is 0 Å². The lowest BCUT2D eigenvalue weighted by atomic mass is 9.93. The fraction of sp³-hybridized carbons (Fsp3) is 0.652. The molecule has 7 heteroatoms. The largest absolute Gasteiger partial charge is 0.339 e. The summed E-state index contributed by atoms with van der Waals surface area (Å²) in [4.78, 5) is 31.8. The van der Waals surface area contributed by atoms with Gasteiger partial charge in [-0.05, 0) is 51.0 Å². The summed E-state index contributed by atoms with van der Waals surface area (Å²) in [5.74, 6) is -0.182. The Morgan fingerprint density at radius 2 is 1.73 bits per heavy atom. The van der Waals surface area contributed by atoms with Crippen LogP contribution in [0.5, 0.6) is 0 Å². The zero-order valence-electron chi connectivity index (χ0n) is 18.3. The smallest absolute Gasteiger partial charge is 0.239 e. The predicted molar refractivity (Wildman–Crippen MR) is 117 cm³/mol. The number of piperazine rings is 1. The molecule has 166 valence electrons. The summed E-state index contributed by atoms with van der Waals surface area (Å²) < 4.78 is 13.0. The van der Waals surface area contributed by atoms with E-state index in [-0.39, 0.29) is 23.7 Å². The van der Waals surface area contributed by atoms with Crippen LogP contribution >= 0.6 is 0 Å². The van der Waals surface area contributed by atoms with Gasteiger partial charge in [0.2, 0.25) is 11.8 Å². The SMILES string of the molecule is CCN(C(=O)[C@@H](C)N1CCN(CC(=O)Nc2ccc(F)cc2)CC1)C1CCCCC1. The molecule has 0 bridgehead atoms. The second-order valence-corrected chi connectivity index (χ2v) is 8.46. The van der Waals surface area contributed by atoms with Gasteiger partial charge in [-0.15, -0.1) is 0 Å². The highest BCUT2D eigenvalue weighted by Crippen LogP contribution is 2.24. The number of hydrogen-bond donors (Lipinski definition) is 1. The van der Waals surface area contributed by atoms with Crippen molar-refractivity contribution in [1.82, 2.24) is 14.7 Å². The number of anilines is 1. The fourth-order valence-electron chi connectivity index (χ4n) is 4.63. The van der Waals surface area contributed by atoms with E-state index in [0.29, 0.717) is 18.3 Å². The summed E-state index contributed by atoms with van der Waals surface area (Å²) in [5.41, 5.74) is 0.599. The van der Waals surface area contributed by atoms with Crippen LogP contribution in [-0.2, 0) is 9.59 Å². The van der Waals surface area contributed by atoms with Crippen molar-refractivity contribution < 1.29 is 14.0 Å². The van der Waals surface area contributed by atoms with Crippen LogP contribution in [0.1, 0.15) is 46.0 Å². The number of halogens is 1. The number of hydrogen-bond acceptors (Lipinski definition) is 4. The zero-order valence-corrected chi connectivity index (χ0v) is 18.3. The van der Waals surface area contributed by atoms with Crippen LogP contribution < -0.4 is 5.32 Å². The summed E-state index contributed by atoms with van der Waals surface area (Å²) in [7, 11) is 0. The molecule has 2 aliphatic rings. The minimum Gasteiger partial charge on any atom is -0.339 e. The molecule has 6 nitrogen and oxygen atoms in total. The Labute approximate surface area is 179 Å². The van der Waals surface area contributed by atoms with E-state index in [4.69, 9.17) is 0 Å². The van der Waals surface area contributed by atoms with E-state index in [2.05, 4.69) is 26.9 Å². The van der Waals surface area contributed by atoms with Crippen molar-refractivity contribution in [2.45, 2.75) is 58.0 Å². The highest BCUT2D eigenvalue weighted by molar-refractivity contribution is 5.92. The minimum absolute atomic E-state index is 0.103. The number of carbonyl (C=O) groups is 2. The van der Waals surface area contributed by atoms with Gasteiger partial charge in [-0.25, -0.2) is 4.39 Å². The van der Waals surface area contributed by atoms with Crippen LogP contribution in [0.3, 0.4) is 0 Å². The lowest BCUT2D eigenvalue weighted by molar-refractivity contribution is -0.140. The molecule has 0 spiro atoms. The average Bonchev–Trinajstić information content (AvgIpc) is 2.76. The van der Waals surface area contributed by atoms with Gasteiger partial charge >= 0.3 is 0 Å². The second-order valence-electron chi connectivity index (χ2n) is 8.46. The molecule has 1 aliphatic heterocycles. The molecular weight excluding hydrogens is 383 g/mol. The monoisotopic (exact) mass is 418 g/mol. The lowest BCUT2D eigenvalue weighted by Gasteiger charge is -2.41. The van der Waals surface area contributed by atoms with Crippen molar-refractivity contribution in [3.63, 3.8) is 0 Å². The molecule has 1 aromatic carbocycles. The van der Waals surface area contributed by atoms with E-state index < -0.39 is 0 Å². The van der Waals surface area contributed by atoms with E-state index in [1.807, 2.05) is 6.92 Å². The van der Waals surface area contributed by atoms with Gasteiger partial charge in [-0.3, -0.25) is 19.4 Å². The third-order valence-electron chi connectivity index (χ3n) is 6.45. The van der Waals surface area contributed by atoms with E-state index in [1.165, 1.54) is 31.4 Å². The topological polar surface area (TPSA) is 55.9 Å². The quantitative estimate of drug-likeness (QED) is 0.740. The van der Waals surface area contributed by atoms with Crippen molar-refractivity contribution in [1.29, 1.82) is 0 Å². The van der Waals surface area contributed by atoms with Crippen molar-refractivity contribution in [3.05, 3.63) is 30.1 Å². The third-order valence-corrected chi connectivity index (χ3v) is 6.45. The van der Waals surface area contributed by atoms with Gasteiger partial charge in [0.1, 0.15) is 5.82 Å². The molecule has 1 saturated heterocycles. The number of likely N-dealkylation sites (N-methyl/N-ethyl adjacent to an activating group) is 1. The fourth-order valence-corrected chi connectivity index (χ4v) is 4.63. The Kier molecular flexibility index (Phi) is 8.22. The van der Waals surface area contributed by atoms with Gasteiger partial charge in [-0.1, -0.05) is 19.3 Å². The summed E-state index contributed by atoms with van der Waals surface area (Å²) in [6.45, 7) is 8.24. The minimum atomic E-state index is -0.321. The van der Waals surface area contributed by atoms with E-state index in [9.17, 15) is 14.0 Å². The van der Waals surface area contributed by atoms with E-state index in [1.54, 1.807) is 12.1 Å². The Hall–Kier alpha value is -1.99. The Bertz CT molecular complexity index is 698. The van der Waals surface area contributed by atoms with E-state index >= 15 is 0 Å². The van der Waals surface area contributed by atoms with Gasteiger partial charge in [0.25, 0.3) is 0 Å². The number of nitrogens with one attached hydrogen (secondary N) is 1. The van der Waals surface area contributed by atoms with Gasteiger partial charge in [-0.2, -0.15) is 0 Å². The molecule has 1 saturated carbocycles. The number of carbonyl (C=O) groups excluding carboxylic acids is 2. The molecule has 1 aromatic rings. The molecule has 0 aromatic heterocycles. The van der Waals surface area contributed by atoms with Gasteiger partial charge < -0.3 is 10.2 Å². The second kappa shape index (κ2) is 10.9. The predicted octanol–water partition coefficient (Wildman–Crippen LogP) is 2.95. The molecular formula is C23H35FN4O2. The standard InChI is InChI=1S/C23H35FN4O2/c1-3-28(21-7-5-4-6-8-21)23(30)18(2)27-15-13-26(14-16-27)17-22(29)25-20-11-9-19(24)10-12-20/h9-12,18,21H,3-8,13-17H2,1-2H3,(H,25,29)/t18-/m1/s1. The summed E-state index contributed by atoms with van der Waals surface area (Å²) in [6, 6.07) is 6.06. The van der Waals surface area contributed by atoms with Crippen molar-refractivity contribution in [2.75, 3.05) is 44.6 Å². The Balaban J connectivity index is 1.45. The molecule has 2 fully saturated rings. The Morgan fingerprint density at radius 3 is 2.33 bits per heavy atom. The molecule has 0 radical (unpaired) electrons. The normalized spacial score (nSPS) is 20.0. The molecule has 1 N–H and O–H groups in total. The maximum Gasteiger partial charge on any atom is 0.239 e. The summed E-state index contributed by atoms with van der Waals surface area (Å²) >= 11 is 0. The molecule has 1 atom stereocenters. The van der Waals surface area contributed by atoms with Crippen LogP contribution in [0.4, 0.5) is 10.1 Å². The molecule has 0 unspecified atom stereocenters. The number of amides is 2. The molecule has 30 heavy (non-hydrogen) atoms. The van der Waals surface area contributed by atoms with Crippen LogP contribution in [-0.4, -0.2) is 77.9 Å². The average molecular weight is 419 g/mol. The summed E-state index contributed by atoms with van der Waals surface area (Å²) in [5, 5.41) is 2.81. The molecule has 3 rings (SSSR count). The number of nitrogens with zero attached hydrogens (tertiary/aromatic N) is 3. The number of benzene rings is 1. The zero-order chi connectivity index (χ0) is 21.5. The van der Waals surface area contributed by atoms with Gasteiger partial charge in [0, 0.05) is 44.5 Å². The first-order chi connectivity index (χ1) is 14.5. The lowest BCUT2D eigenvalue weighted by Crippen LogP contribution is -2.56. The van der Waals surface area contributed by atoms with Crippen LogP contribution in [0.15, 0.2) is 24.3 Å². The number of rotatable bonds is 7. The van der Waals surface area contributed by atoms with Crippen LogP contribution in [0.2, 0.25) is 0 Å². The van der Waals surface area contributed by atoms with Gasteiger partial charge in [0.05, 0.1) is 12.6 Å². The third kappa shape index (κ3) is 6.01. The van der Waals surface area contributed by atoms with Crippen molar-refractivity contribution in [3.8, 4) is 0 Å². The first-order valence-corrected chi connectivity index (χ1v) is 11.3. The molecule has 2 amide bonds. The van der Waals surface area contributed by atoms with Gasteiger partial charge in [0.15, 0.2) is 0 Å². The first kappa shape index (κ1) is 22.7. The molecule has 1 heterocycles. The highest BCUT2D eigenvalue weighted by Gasteiger charge is 2.32. The van der Waals surface area contributed by atoms with Crippen molar-refractivity contribution >= 4 is 17.5 Å². The maximum absolute atomic E-state index is 13.1.